The molecule has 42 heavy (non-hydrogen) atoms. The van der Waals surface area contributed by atoms with Crippen LogP contribution in [-0.4, -0.2) is 50.4 Å². The zero-order valence-corrected chi connectivity index (χ0v) is 26.0. The first kappa shape index (κ1) is 31.7. The van der Waals surface area contributed by atoms with Crippen LogP contribution in [0.4, 0.5) is 5.69 Å². The molecule has 0 spiro atoms. The van der Waals surface area contributed by atoms with Gasteiger partial charge in [0.2, 0.25) is 11.8 Å². The molecule has 1 saturated carbocycles. The van der Waals surface area contributed by atoms with Gasteiger partial charge in [0, 0.05) is 22.6 Å². The van der Waals surface area contributed by atoms with E-state index in [4.69, 9.17) is 27.9 Å². The van der Waals surface area contributed by atoms with Crippen LogP contribution in [-0.2, 0) is 26.2 Å². The van der Waals surface area contributed by atoms with Gasteiger partial charge in [0.1, 0.15) is 18.3 Å². The number of carbonyl (C=O) groups is 2. The number of nitrogens with one attached hydrogen (secondary N) is 1. The molecule has 11 heteroatoms. The summed E-state index contributed by atoms with van der Waals surface area (Å²) in [5, 5.41) is 3.99. The van der Waals surface area contributed by atoms with Crippen molar-refractivity contribution in [1.29, 1.82) is 0 Å². The average molecular weight is 633 g/mol. The van der Waals surface area contributed by atoms with Crippen LogP contribution in [0.25, 0.3) is 0 Å². The number of halogens is 2. The minimum atomic E-state index is -4.20. The Morgan fingerprint density at radius 3 is 2.07 bits per heavy atom. The number of carbonyl (C=O) groups excluding carboxylic acids is 2. The predicted octanol–water partition coefficient (Wildman–Crippen LogP) is 6.06. The highest BCUT2D eigenvalue weighted by molar-refractivity contribution is 7.92. The van der Waals surface area contributed by atoms with Crippen molar-refractivity contribution in [2.75, 3.05) is 17.5 Å². The molecule has 2 amide bonds. The Kier molecular flexibility index (Phi) is 10.8. The van der Waals surface area contributed by atoms with Gasteiger partial charge < -0.3 is 15.0 Å². The second-order valence-corrected chi connectivity index (χ2v) is 12.9. The lowest BCUT2D eigenvalue weighted by Gasteiger charge is -2.32. The molecular formula is C31H35Cl2N3O5S. The summed E-state index contributed by atoms with van der Waals surface area (Å²) in [5.41, 5.74) is 1.03. The fourth-order valence-electron chi connectivity index (χ4n) is 4.90. The smallest absolute Gasteiger partial charge is 0.264 e. The fourth-order valence-corrected chi connectivity index (χ4v) is 6.57. The molecule has 0 bridgehead atoms. The fraction of sp³-hybridized carbons (Fsp3) is 0.355. The monoisotopic (exact) mass is 631 g/mol. The average Bonchev–Trinajstić information content (AvgIpc) is 3.49. The molecule has 1 fully saturated rings. The Balaban J connectivity index is 1.68. The molecule has 1 aliphatic carbocycles. The summed E-state index contributed by atoms with van der Waals surface area (Å²) < 4.78 is 34.4. The van der Waals surface area contributed by atoms with E-state index in [1.54, 1.807) is 55.5 Å². The van der Waals surface area contributed by atoms with E-state index in [9.17, 15) is 18.0 Å². The van der Waals surface area contributed by atoms with E-state index in [2.05, 4.69) is 5.32 Å². The Morgan fingerprint density at radius 1 is 0.929 bits per heavy atom. The number of nitrogens with zero attached hydrogens (tertiary/aromatic N) is 2. The highest BCUT2D eigenvalue weighted by Gasteiger charge is 2.33. The van der Waals surface area contributed by atoms with Gasteiger partial charge in [-0.15, -0.1) is 0 Å². The largest absolute Gasteiger partial charge is 0.494 e. The first-order valence-corrected chi connectivity index (χ1v) is 16.1. The first-order valence-electron chi connectivity index (χ1n) is 13.9. The number of hydrogen-bond acceptors (Lipinski definition) is 5. The Hall–Kier alpha value is -3.27. The molecule has 3 aromatic carbocycles. The summed E-state index contributed by atoms with van der Waals surface area (Å²) in [7, 11) is -4.20. The van der Waals surface area contributed by atoms with Crippen LogP contribution in [0.3, 0.4) is 0 Å². The van der Waals surface area contributed by atoms with E-state index in [1.807, 2.05) is 6.92 Å². The van der Waals surface area contributed by atoms with Crippen LogP contribution in [0, 0.1) is 0 Å². The van der Waals surface area contributed by atoms with Crippen molar-refractivity contribution in [2.45, 2.75) is 63.1 Å². The van der Waals surface area contributed by atoms with Gasteiger partial charge in [-0.25, -0.2) is 8.42 Å². The number of rotatable bonds is 12. The zero-order valence-electron chi connectivity index (χ0n) is 23.6. The van der Waals surface area contributed by atoms with Gasteiger partial charge in [0.05, 0.1) is 17.2 Å². The van der Waals surface area contributed by atoms with Crippen molar-refractivity contribution in [3.63, 3.8) is 0 Å². The second-order valence-electron chi connectivity index (χ2n) is 10.2. The summed E-state index contributed by atoms with van der Waals surface area (Å²) in [5.74, 6) is -0.249. The van der Waals surface area contributed by atoms with Crippen LogP contribution in [0.15, 0.2) is 77.7 Å². The van der Waals surface area contributed by atoms with Crippen molar-refractivity contribution >= 4 is 50.7 Å². The van der Waals surface area contributed by atoms with Gasteiger partial charge in [0.25, 0.3) is 10.0 Å². The van der Waals surface area contributed by atoms with Gasteiger partial charge in [-0.05, 0) is 92.9 Å². The summed E-state index contributed by atoms with van der Waals surface area (Å²) in [4.78, 5) is 28.7. The Labute approximate surface area is 257 Å². The number of ether oxygens (including phenoxy) is 1. The third kappa shape index (κ3) is 7.96. The number of hydrogen-bond donors (Lipinski definition) is 1. The van der Waals surface area contributed by atoms with Crippen molar-refractivity contribution < 1.29 is 22.7 Å². The van der Waals surface area contributed by atoms with Crippen LogP contribution < -0.4 is 14.4 Å². The molecule has 224 valence electrons. The van der Waals surface area contributed by atoms with Crippen LogP contribution in [0.5, 0.6) is 5.75 Å². The molecule has 4 rings (SSSR count). The van der Waals surface area contributed by atoms with E-state index < -0.39 is 28.5 Å². The lowest BCUT2D eigenvalue weighted by molar-refractivity contribution is -0.139. The highest BCUT2D eigenvalue weighted by Crippen LogP contribution is 2.28. The molecule has 0 aliphatic heterocycles. The van der Waals surface area contributed by atoms with E-state index >= 15 is 0 Å². The zero-order chi connectivity index (χ0) is 30.3. The molecular weight excluding hydrogens is 597 g/mol. The minimum Gasteiger partial charge on any atom is -0.494 e. The van der Waals surface area contributed by atoms with Crippen molar-refractivity contribution in [2.24, 2.45) is 0 Å². The number of anilines is 1. The van der Waals surface area contributed by atoms with E-state index in [-0.39, 0.29) is 29.1 Å². The van der Waals surface area contributed by atoms with E-state index in [0.29, 0.717) is 22.4 Å². The van der Waals surface area contributed by atoms with Gasteiger partial charge in [-0.1, -0.05) is 48.2 Å². The highest BCUT2D eigenvalue weighted by atomic mass is 35.5. The lowest BCUT2D eigenvalue weighted by atomic mass is 10.1. The molecule has 8 nitrogen and oxygen atoms in total. The van der Waals surface area contributed by atoms with Crippen molar-refractivity contribution in [1.82, 2.24) is 10.2 Å². The normalized spacial score (nSPS) is 14.3. The Morgan fingerprint density at radius 2 is 1.50 bits per heavy atom. The summed E-state index contributed by atoms with van der Waals surface area (Å²) in [6.45, 7) is 3.52. The summed E-state index contributed by atoms with van der Waals surface area (Å²) >= 11 is 12.1. The maximum absolute atomic E-state index is 14.1. The maximum atomic E-state index is 14.1. The number of sulfonamides is 1. The molecule has 0 aromatic heterocycles. The molecule has 0 heterocycles. The summed E-state index contributed by atoms with van der Waals surface area (Å²) in [6.07, 6.45) is 3.89. The minimum absolute atomic E-state index is 0.0233. The molecule has 0 saturated heterocycles. The van der Waals surface area contributed by atoms with Crippen LogP contribution in [0.2, 0.25) is 10.0 Å². The van der Waals surface area contributed by atoms with Crippen molar-refractivity contribution in [3.05, 3.63) is 88.4 Å². The van der Waals surface area contributed by atoms with Crippen molar-refractivity contribution in [3.8, 4) is 5.75 Å². The van der Waals surface area contributed by atoms with Gasteiger partial charge in [0.15, 0.2) is 0 Å². The van der Waals surface area contributed by atoms with E-state index in [0.717, 1.165) is 35.6 Å². The lowest BCUT2D eigenvalue weighted by Crippen LogP contribution is -2.52. The maximum Gasteiger partial charge on any atom is 0.264 e. The second kappa shape index (κ2) is 14.3. The topological polar surface area (TPSA) is 96.0 Å². The standard InChI is InChI=1S/C31H35Cl2N3O5S/c1-3-41-28-16-14-27(15-17-28)36(42(39,40)29-18-12-25(33)13-19-29)21-30(37)35(20-23-8-10-24(32)11-9-23)22(2)31(38)34-26-6-4-5-7-26/h8-19,22,26H,3-7,20-21H2,1-2H3,(H,34,38)/t22-/m1/s1. The molecule has 1 aliphatic rings. The molecule has 0 radical (unpaired) electrons. The molecule has 1 N–H and O–H groups in total. The third-order valence-corrected chi connectivity index (χ3v) is 9.54. The van der Waals surface area contributed by atoms with Gasteiger partial charge >= 0.3 is 0 Å². The molecule has 1 atom stereocenters. The van der Waals surface area contributed by atoms with Crippen LogP contribution in [0.1, 0.15) is 45.1 Å². The SMILES string of the molecule is CCOc1ccc(N(CC(=O)N(Cc2ccc(Cl)cc2)[C@H](C)C(=O)NC2CCCC2)S(=O)(=O)c2ccc(Cl)cc2)cc1. The first-order chi connectivity index (χ1) is 20.1. The Bertz CT molecular complexity index is 1460. The van der Waals surface area contributed by atoms with E-state index in [1.165, 1.54) is 29.2 Å². The predicted molar refractivity (Wildman–Crippen MR) is 165 cm³/mol. The van der Waals surface area contributed by atoms with Gasteiger partial charge in [-0.2, -0.15) is 0 Å². The number of amides is 2. The molecule has 3 aromatic rings. The molecule has 0 unspecified atom stereocenters. The third-order valence-electron chi connectivity index (χ3n) is 7.25. The number of benzene rings is 3. The quantitative estimate of drug-likeness (QED) is 0.262. The van der Waals surface area contributed by atoms with Gasteiger partial charge in [-0.3, -0.25) is 13.9 Å². The van der Waals surface area contributed by atoms with Crippen LogP contribution >= 0.6 is 23.2 Å². The summed E-state index contributed by atoms with van der Waals surface area (Å²) in [6, 6.07) is 18.4.